The van der Waals surface area contributed by atoms with E-state index in [1.165, 1.54) is 12.5 Å². The first-order chi connectivity index (χ1) is 46.8. The van der Waals surface area contributed by atoms with Crippen molar-refractivity contribution in [3.05, 3.63) is 120 Å². The lowest BCUT2D eigenvalue weighted by molar-refractivity contribution is -0.142. The smallest absolute Gasteiger partial charge is 0.446 e. The van der Waals surface area contributed by atoms with Gasteiger partial charge in [0.05, 0.1) is 38.4 Å². The van der Waals surface area contributed by atoms with E-state index in [2.05, 4.69) is 72.6 Å². The fourth-order valence-corrected chi connectivity index (χ4v) is 9.98. The number of carbonyl (C=O) groups excluding carboxylic acids is 13. The van der Waals surface area contributed by atoms with Crippen molar-refractivity contribution in [2.45, 2.75) is 138 Å². The van der Waals surface area contributed by atoms with Crippen molar-refractivity contribution in [2.24, 2.45) is 11.5 Å². The highest BCUT2D eigenvalue weighted by Gasteiger charge is 2.38. The minimum absolute atomic E-state index is 0.0274. The van der Waals surface area contributed by atoms with Crippen LogP contribution in [-0.2, 0) is 108 Å². The maximum absolute atomic E-state index is 14.4. The number of H-pyrrole nitrogens is 1. The van der Waals surface area contributed by atoms with Crippen LogP contribution in [0.4, 0.5) is 0 Å². The summed E-state index contributed by atoms with van der Waals surface area (Å²) in [6, 6.07) is 3.37. The summed E-state index contributed by atoms with van der Waals surface area (Å²) in [5, 5.41) is 65.9. The highest BCUT2D eigenvalue weighted by molar-refractivity contribution is 7.81. The van der Waals surface area contributed by atoms with Crippen molar-refractivity contribution in [2.75, 3.05) is 13.2 Å². The highest BCUT2D eigenvalue weighted by Crippen LogP contribution is 2.17. The molecule has 11 unspecified atom stereocenters. The normalized spacial score (nSPS) is 15.6. The maximum atomic E-state index is 14.4. The topological polar surface area (TPSA) is 614 Å². The van der Waals surface area contributed by atoms with Gasteiger partial charge in [-0.3, -0.25) is 76.5 Å². The van der Waals surface area contributed by atoms with E-state index in [0.29, 0.717) is 11.1 Å². The molecule has 4 aromatic rings. The van der Waals surface area contributed by atoms with Crippen LogP contribution in [0.15, 0.2) is 97.5 Å². The Morgan fingerprint density at radius 2 is 1.04 bits per heavy atom. The van der Waals surface area contributed by atoms with Crippen LogP contribution < -0.4 is 74.1 Å². The molecule has 534 valence electrons. The molecule has 0 saturated carbocycles. The summed E-state index contributed by atoms with van der Waals surface area (Å²) in [6.45, 7) is -1.24. The van der Waals surface area contributed by atoms with Crippen molar-refractivity contribution in [1.82, 2.24) is 68.5 Å². The van der Waals surface area contributed by atoms with E-state index in [1.54, 1.807) is 60.7 Å². The van der Waals surface area contributed by atoms with Crippen molar-refractivity contribution in [3.8, 4) is 5.75 Å². The van der Waals surface area contributed by atoms with Crippen LogP contribution in [0.25, 0.3) is 0 Å². The van der Waals surface area contributed by atoms with Gasteiger partial charge in [0.2, 0.25) is 76.8 Å². The number of aromatic amines is 1. The molecule has 21 N–H and O–H groups in total. The number of hydrogen-bond acceptors (Lipinski definition) is 21. The summed E-state index contributed by atoms with van der Waals surface area (Å²) in [7, 11) is -5.03. The standard InChI is InChI=1S/C60H75N15O23S/c1-30(77)50(75-58(92)40(22-33-12-14-35(15-13-33)98-99(95,96)97)71-57(91)43(25-49(83)84)73-53(87)37(16-18-45(61)78)68-52(86)36-17-19-46(79)66-36)60(94)64-27-47(80)67-44(28-76)59(93)72-41(23-34-26-63-29-65-34)55(89)70-39(21-32-10-6-3-7-11-32)54(88)74-42(24-48(81)82)56(90)69-38(51(62)85)20-31-8-4-2-5-9-31/h2-15,26,29-30,36-44,50,76-77H,16-25,27-28H2,1H3,(H2,61,78)(H2,62,85)(H,63,65)(H,64,94)(H,66,79)(H,67,80)(H,68,86)(H,69,90)(H,70,89)(H,71,91)(H,72,93)(H,73,87)(H,74,88)(H,75,92)(H,81,82)(H,83,84)(H,95,96,97). The van der Waals surface area contributed by atoms with E-state index >= 15 is 0 Å². The van der Waals surface area contributed by atoms with Gasteiger partial charge in [-0.2, -0.15) is 8.42 Å². The first kappa shape index (κ1) is 78.2. The zero-order valence-electron chi connectivity index (χ0n) is 52.7. The molecule has 13 amide bonds. The van der Waals surface area contributed by atoms with E-state index in [9.17, 15) is 101 Å². The number of imidazole rings is 1. The molecule has 99 heavy (non-hydrogen) atoms. The molecule has 0 bridgehead atoms. The van der Waals surface area contributed by atoms with Crippen LogP contribution in [0, 0.1) is 0 Å². The van der Waals surface area contributed by atoms with Gasteiger partial charge in [0.15, 0.2) is 0 Å². The Hall–Kier alpha value is -11.5. The molecule has 3 aromatic carbocycles. The van der Waals surface area contributed by atoms with Gasteiger partial charge in [-0.25, -0.2) is 4.98 Å². The van der Waals surface area contributed by atoms with Crippen LogP contribution in [0.2, 0.25) is 0 Å². The number of aliphatic hydroxyl groups excluding tert-OH is 2. The van der Waals surface area contributed by atoms with Crippen LogP contribution in [0.5, 0.6) is 5.75 Å². The molecule has 1 saturated heterocycles. The highest BCUT2D eigenvalue weighted by atomic mass is 32.3. The van der Waals surface area contributed by atoms with E-state index < -0.39 is 223 Å². The molecule has 1 aliphatic heterocycles. The number of aromatic nitrogens is 2. The Balaban J connectivity index is 1.31. The first-order valence-corrected chi connectivity index (χ1v) is 31.5. The third-order valence-electron chi connectivity index (χ3n) is 14.6. The summed E-state index contributed by atoms with van der Waals surface area (Å²) < 4.78 is 36.3. The Bertz CT molecular complexity index is 3680. The number of nitrogens with zero attached hydrogens (tertiary/aromatic N) is 1. The number of hydrogen-bond donors (Lipinski definition) is 19. The number of nitrogens with one attached hydrogen (secondary N) is 12. The number of primary amides is 2. The minimum Gasteiger partial charge on any atom is -0.481 e. The Morgan fingerprint density at radius 1 is 0.586 bits per heavy atom. The van der Waals surface area contributed by atoms with E-state index in [0.717, 1.165) is 31.2 Å². The fraction of sp³-hybridized carbons (Fsp3) is 0.400. The number of carboxylic acid groups (broad SMARTS) is 2. The van der Waals surface area contributed by atoms with Crippen molar-refractivity contribution >= 4 is 99.1 Å². The zero-order chi connectivity index (χ0) is 73.1. The molecule has 2 heterocycles. The van der Waals surface area contributed by atoms with Gasteiger partial charge >= 0.3 is 22.3 Å². The fourth-order valence-electron chi connectivity index (χ4n) is 9.62. The summed E-state index contributed by atoms with van der Waals surface area (Å²) in [5.74, 6) is -18.0. The molecule has 38 nitrogen and oxygen atoms in total. The number of aliphatic carboxylic acids is 2. The maximum Gasteiger partial charge on any atom is 0.446 e. The van der Waals surface area contributed by atoms with Crippen LogP contribution >= 0.6 is 0 Å². The molecule has 39 heteroatoms. The van der Waals surface area contributed by atoms with Gasteiger partial charge in [0.25, 0.3) is 0 Å². The molecule has 0 spiro atoms. The van der Waals surface area contributed by atoms with Gasteiger partial charge < -0.3 is 99.5 Å². The molecule has 0 radical (unpaired) electrons. The van der Waals surface area contributed by atoms with Gasteiger partial charge in [-0.1, -0.05) is 72.8 Å². The number of amides is 13. The second-order valence-electron chi connectivity index (χ2n) is 22.5. The summed E-state index contributed by atoms with van der Waals surface area (Å²) in [5.41, 5.74) is 12.1. The first-order valence-electron chi connectivity index (χ1n) is 30.2. The number of carbonyl (C=O) groups is 15. The van der Waals surface area contributed by atoms with Gasteiger partial charge in [-0.15, -0.1) is 0 Å². The summed E-state index contributed by atoms with van der Waals surface area (Å²) >= 11 is 0. The van der Waals surface area contributed by atoms with Gasteiger partial charge in [0.1, 0.15) is 66.2 Å². The number of benzene rings is 3. The zero-order valence-corrected chi connectivity index (χ0v) is 53.5. The van der Waals surface area contributed by atoms with Crippen molar-refractivity contribution in [1.29, 1.82) is 0 Å². The van der Waals surface area contributed by atoms with Crippen LogP contribution in [0.3, 0.4) is 0 Å². The van der Waals surface area contributed by atoms with Crippen LogP contribution in [-0.4, -0.2) is 212 Å². The average Bonchev–Trinajstić information content (AvgIpc) is 1.15. The van der Waals surface area contributed by atoms with Crippen LogP contribution in [0.1, 0.15) is 67.8 Å². The SMILES string of the molecule is CC(O)C(NC(=O)C(Cc1ccc(OS(=O)(=O)O)cc1)NC(=O)C(CC(=O)O)NC(=O)C(CCC(N)=O)NC(=O)C1CCC(=O)N1)C(=O)NCC(=O)NC(CO)C(=O)NC(Cc1cnc[nH]1)C(=O)NC(Cc1ccccc1)C(=O)NC(CC(=O)O)C(=O)NC(Cc1ccccc1)C(N)=O. The Labute approximate surface area is 563 Å². The lowest BCUT2D eigenvalue weighted by atomic mass is 10.0. The number of aliphatic hydroxyl groups is 2. The minimum atomic E-state index is -5.03. The van der Waals surface area contributed by atoms with Crippen molar-refractivity contribution in [3.63, 3.8) is 0 Å². The monoisotopic (exact) mass is 1410 g/mol. The molecular formula is C60H75N15O23S. The Morgan fingerprint density at radius 3 is 1.48 bits per heavy atom. The largest absolute Gasteiger partial charge is 0.481 e. The molecule has 1 aromatic heterocycles. The molecule has 11 atom stereocenters. The third-order valence-corrected chi connectivity index (χ3v) is 15.0. The number of carboxylic acids is 2. The quantitative estimate of drug-likeness (QED) is 0.0184. The number of rotatable bonds is 40. The molecule has 1 aliphatic rings. The average molecular weight is 1410 g/mol. The molecule has 0 aliphatic carbocycles. The van der Waals surface area contributed by atoms with E-state index in [-0.39, 0.29) is 36.9 Å². The summed E-state index contributed by atoms with van der Waals surface area (Å²) in [4.78, 5) is 205. The second-order valence-corrected chi connectivity index (χ2v) is 23.5. The molecule has 5 rings (SSSR count). The third kappa shape index (κ3) is 26.9. The lowest BCUT2D eigenvalue weighted by Crippen LogP contribution is -2.61. The predicted molar refractivity (Wildman–Crippen MR) is 337 cm³/mol. The summed E-state index contributed by atoms with van der Waals surface area (Å²) in [6.07, 6.45) is -3.99. The second kappa shape index (κ2) is 37.7. The van der Waals surface area contributed by atoms with E-state index in [4.69, 9.17) is 16.0 Å². The van der Waals surface area contributed by atoms with Gasteiger partial charge in [0, 0.05) is 50.4 Å². The molecule has 1 fully saturated rings. The van der Waals surface area contributed by atoms with E-state index in [1.807, 2.05) is 0 Å². The Kier molecular flexibility index (Phi) is 29.8. The van der Waals surface area contributed by atoms with Gasteiger partial charge in [-0.05, 0) is 48.6 Å². The van der Waals surface area contributed by atoms with Crippen molar-refractivity contribution < 1.29 is 109 Å². The predicted octanol–water partition coefficient (Wildman–Crippen LogP) is -7.31. The number of nitrogens with two attached hydrogens (primary N) is 2. The lowest BCUT2D eigenvalue weighted by Gasteiger charge is -2.27. The molecular weight excluding hydrogens is 1330 g/mol.